The van der Waals surface area contributed by atoms with Gasteiger partial charge in [0.1, 0.15) is 5.75 Å². The van der Waals surface area contributed by atoms with Crippen molar-refractivity contribution in [3.63, 3.8) is 0 Å². The molecule has 1 saturated heterocycles. The molecular formula is C29H36N6O3. The lowest BCUT2D eigenvalue weighted by molar-refractivity contribution is 0.0742. The Morgan fingerprint density at radius 3 is 2.21 bits per heavy atom. The van der Waals surface area contributed by atoms with Crippen LogP contribution in [0, 0.1) is 0 Å². The van der Waals surface area contributed by atoms with Gasteiger partial charge in [-0.25, -0.2) is 0 Å². The lowest BCUT2D eigenvalue weighted by Gasteiger charge is -2.35. The number of aromatic hydroxyl groups is 1. The van der Waals surface area contributed by atoms with Crippen LogP contribution in [-0.2, 0) is 5.41 Å². The summed E-state index contributed by atoms with van der Waals surface area (Å²) in [6, 6.07) is 11.1. The van der Waals surface area contributed by atoms with E-state index in [-0.39, 0.29) is 23.0 Å². The molecule has 2 aromatic heterocycles. The highest BCUT2D eigenvalue weighted by molar-refractivity contribution is 5.96. The van der Waals surface area contributed by atoms with E-state index in [1.807, 2.05) is 36.9 Å². The third-order valence-corrected chi connectivity index (χ3v) is 6.91. The number of benzene rings is 1. The van der Waals surface area contributed by atoms with Gasteiger partial charge >= 0.3 is 0 Å². The van der Waals surface area contributed by atoms with Crippen LogP contribution in [0.5, 0.6) is 5.75 Å². The van der Waals surface area contributed by atoms with Crippen molar-refractivity contribution in [1.29, 1.82) is 0 Å². The number of piperazine rings is 1. The summed E-state index contributed by atoms with van der Waals surface area (Å²) < 4.78 is 0. The monoisotopic (exact) mass is 516 g/mol. The minimum absolute atomic E-state index is 0.0311. The van der Waals surface area contributed by atoms with Crippen LogP contribution in [0.3, 0.4) is 0 Å². The van der Waals surface area contributed by atoms with Crippen LogP contribution < -0.4 is 4.90 Å². The number of hydrogen-bond acceptors (Lipinski definition) is 7. The first-order valence-corrected chi connectivity index (χ1v) is 13.1. The van der Waals surface area contributed by atoms with Gasteiger partial charge in [0.2, 0.25) is 0 Å². The molecule has 38 heavy (non-hydrogen) atoms. The Bertz CT molecular complexity index is 1290. The maximum absolute atomic E-state index is 13.6. The first kappa shape index (κ1) is 27.0. The summed E-state index contributed by atoms with van der Waals surface area (Å²) in [5.41, 5.74) is 3.43. The van der Waals surface area contributed by atoms with Gasteiger partial charge in [0.15, 0.2) is 11.5 Å². The molecule has 9 nitrogen and oxygen atoms in total. The molecule has 200 valence electrons. The molecule has 4 rings (SSSR count). The molecular weight excluding hydrogens is 480 g/mol. The first-order chi connectivity index (χ1) is 18.1. The highest BCUT2D eigenvalue weighted by atomic mass is 16.3. The molecule has 0 bridgehead atoms. The molecule has 3 heterocycles. The van der Waals surface area contributed by atoms with Gasteiger partial charge in [-0.1, -0.05) is 26.8 Å². The van der Waals surface area contributed by atoms with Crippen LogP contribution in [0.25, 0.3) is 11.1 Å². The van der Waals surface area contributed by atoms with E-state index in [0.29, 0.717) is 56.3 Å². The van der Waals surface area contributed by atoms with Gasteiger partial charge < -0.3 is 19.8 Å². The van der Waals surface area contributed by atoms with Crippen molar-refractivity contribution in [3.8, 4) is 16.9 Å². The maximum atomic E-state index is 13.6. The fourth-order valence-corrected chi connectivity index (χ4v) is 4.54. The summed E-state index contributed by atoms with van der Waals surface area (Å²) in [6.45, 7) is 13.8. The molecule has 1 aliphatic rings. The molecule has 0 aliphatic carbocycles. The second-order valence-electron chi connectivity index (χ2n) is 10.5. The molecule has 9 heteroatoms. The van der Waals surface area contributed by atoms with E-state index in [1.54, 1.807) is 23.2 Å². The summed E-state index contributed by atoms with van der Waals surface area (Å²) in [5.74, 6) is 0.627. The van der Waals surface area contributed by atoms with E-state index in [1.165, 1.54) is 6.20 Å². The van der Waals surface area contributed by atoms with Gasteiger partial charge in [0.05, 0.1) is 6.20 Å². The lowest BCUT2D eigenvalue weighted by Crippen LogP contribution is -2.49. The van der Waals surface area contributed by atoms with Gasteiger partial charge in [-0.3, -0.25) is 14.6 Å². The fourth-order valence-electron chi connectivity index (χ4n) is 4.54. The molecule has 3 aromatic rings. The number of pyridine rings is 1. The van der Waals surface area contributed by atoms with Crippen LogP contribution in [0.15, 0.2) is 48.8 Å². The fraction of sp³-hybridized carbons (Fsp3) is 0.414. The Labute approximate surface area is 224 Å². The molecule has 1 fully saturated rings. The molecule has 0 spiro atoms. The average Bonchev–Trinajstić information content (AvgIpc) is 2.92. The van der Waals surface area contributed by atoms with Crippen molar-refractivity contribution in [2.75, 3.05) is 44.2 Å². The maximum Gasteiger partial charge on any atom is 0.274 e. The second-order valence-corrected chi connectivity index (χ2v) is 10.5. The molecule has 0 saturated carbocycles. The van der Waals surface area contributed by atoms with Crippen LogP contribution in [0.1, 0.15) is 61.0 Å². The number of carbonyl (C=O) groups excluding carboxylic acids is 2. The van der Waals surface area contributed by atoms with Gasteiger partial charge in [-0.2, -0.15) is 0 Å². The SMILES string of the molecule is CCN(CC)C(=O)c1ccc(N2CCN(C(=O)c3cc(-c4cncc(O)c4)cc(C(C)(C)C)c3)CC2)nn1. The summed E-state index contributed by atoms with van der Waals surface area (Å²) >= 11 is 0. The number of hydrogen-bond donors (Lipinski definition) is 1. The summed E-state index contributed by atoms with van der Waals surface area (Å²) in [4.78, 5) is 35.9. The normalized spacial score (nSPS) is 13.9. The Balaban J connectivity index is 1.49. The largest absolute Gasteiger partial charge is 0.506 e. The predicted octanol–water partition coefficient (Wildman–Crippen LogP) is 3.99. The summed E-state index contributed by atoms with van der Waals surface area (Å²) in [6.07, 6.45) is 3.08. The zero-order chi connectivity index (χ0) is 27.4. The predicted molar refractivity (Wildman–Crippen MR) is 147 cm³/mol. The Morgan fingerprint density at radius 2 is 1.63 bits per heavy atom. The van der Waals surface area contributed by atoms with Crippen LogP contribution in [-0.4, -0.2) is 81.2 Å². The average molecular weight is 517 g/mol. The standard InChI is InChI=1S/C29H36N6O3/c1-6-33(7-2)28(38)25-8-9-26(32-31-25)34-10-12-35(13-11-34)27(37)21-14-20(15-23(16-21)29(3,4)5)22-17-24(36)19-30-18-22/h8-9,14-19,36H,6-7,10-13H2,1-5H3. The molecule has 2 amide bonds. The Hall–Kier alpha value is -4.01. The van der Waals surface area contributed by atoms with E-state index >= 15 is 0 Å². The molecule has 1 aliphatic heterocycles. The zero-order valence-corrected chi connectivity index (χ0v) is 22.8. The molecule has 1 N–H and O–H groups in total. The number of nitrogens with zero attached hydrogens (tertiary/aromatic N) is 6. The minimum Gasteiger partial charge on any atom is -0.506 e. The van der Waals surface area contributed by atoms with Crippen LogP contribution >= 0.6 is 0 Å². The minimum atomic E-state index is -0.161. The van der Waals surface area contributed by atoms with E-state index in [4.69, 9.17) is 0 Å². The summed E-state index contributed by atoms with van der Waals surface area (Å²) in [7, 11) is 0. The quantitative estimate of drug-likeness (QED) is 0.529. The van der Waals surface area contributed by atoms with Gasteiger partial charge in [-0.15, -0.1) is 10.2 Å². The van der Waals surface area contributed by atoms with Crippen molar-refractivity contribution in [3.05, 3.63) is 65.6 Å². The molecule has 0 radical (unpaired) electrons. The summed E-state index contributed by atoms with van der Waals surface area (Å²) in [5, 5.41) is 18.4. The van der Waals surface area contributed by atoms with Crippen molar-refractivity contribution in [1.82, 2.24) is 25.0 Å². The van der Waals surface area contributed by atoms with Crippen molar-refractivity contribution < 1.29 is 14.7 Å². The van der Waals surface area contributed by atoms with Crippen molar-refractivity contribution >= 4 is 17.6 Å². The van der Waals surface area contributed by atoms with Crippen LogP contribution in [0.4, 0.5) is 5.82 Å². The van der Waals surface area contributed by atoms with E-state index < -0.39 is 0 Å². The highest BCUT2D eigenvalue weighted by Gasteiger charge is 2.26. The number of rotatable bonds is 6. The van der Waals surface area contributed by atoms with Gasteiger partial charge in [0, 0.05) is 56.6 Å². The number of carbonyl (C=O) groups is 2. The molecule has 0 atom stereocenters. The molecule has 1 aromatic carbocycles. The van der Waals surface area contributed by atoms with E-state index in [2.05, 4.69) is 46.9 Å². The second kappa shape index (κ2) is 11.2. The number of anilines is 1. The Kier molecular flexibility index (Phi) is 7.94. The third-order valence-electron chi connectivity index (χ3n) is 6.91. The number of aromatic nitrogens is 3. The first-order valence-electron chi connectivity index (χ1n) is 13.1. The lowest BCUT2D eigenvalue weighted by atomic mass is 9.84. The van der Waals surface area contributed by atoms with Gasteiger partial charge in [0.25, 0.3) is 11.8 Å². The van der Waals surface area contributed by atoms with E-state index in [0.717, 1.165) is 16.7 Å². The third kappa shape index (κ3) is 5.93. The Morgan fingerprint density at radius 1 is 0.921 bits per heavy atom. The zero-order valence-electron chi connectivity index (χ0n) is 22.8. The van der Waals surface area contributed by atoms with Crippen molar-refractivity contribution in [2.45, 2.75) is 40.0 Å². The number of amides is 2. The topological polar surface area (TPSA) is 103 Å². The molecule has 0 unspecified atom stereocenters. The highest BCUT2D eigenvalue weighted by Crippen LogP contribution is 2.31. The van der Waals surface area contributed by atoms with Gasteiger partial charge in [-0.05, 0) is 60.7 Å². The van der Waals surface area contributed by atoms with Crippen LogP contribution in [0.2, 0.25) is 0 Å². The smallest absolute Gasteiger partial charge is 0.274 e. The van der Waals surface area contributed by atoms with E-state index in [9.17, 15) is 14.7 Å². The van der Waals surface area contributed by atoms with Crippen molar-refractivity contribution in [2.24, 2.45) is 0 Å².